The molecule has 0 heterocycles. The molecule has 0 aromatic rings. The van der Waals surface area contributed by atoms with Crippen molar-refractivity contribution < 1.29 is 9.90 Å². The Balaban J connectivity index is 1.84. The van der Waals surface area contributed by atoms with Gasteiger partial charge in [0.1, 0.15) is 0 Å². The Hall–Kier alpha value is -0.570. The van der Waals surface area contributed by atoms with Gasteiger partial charge in [0, 0.05) is 19.0 Å². The predicted molar refractivity (Wildman–Crippen MR) is 58.4 cm³/mol. The molecular formula is C12H21NO2. The molecule has 0 aliphatic heterocycles. The molecule has 2 aliphatic carbocycles. The maximum atomic E-state index is 12.0. The molecule has 2 rings (SSSR count). The van der Waals surface area contributed by atoms with Crippen molar-refractivity contribution in [3.8, 4) is 0 Å². The van der Waals surface area contributed by atoms with Crippen LogP contribution in [0.5, 0.6) is 0 Å². The smallest absolute Gasteiger partial charge is 0.225 e. The van der Waals surface area contributed by atoms with Gasteiger partial charge >= 0.3 is 0 Å². The second-order valence-corrected chi connectivity index (χ2v) is 5.04. The third-order valence-electron chi connectivity index (χ3n) is 4.02. The first-order valence-corrected chi connectivity index (χ1v) is 6.13. The van der Waals surface area contributed by atoms with Crippen LogP contribution in [-0.4, -0.2) is 35.1 Å². The van der Waals surface area contributed by atoms with Gasteiger partial charge in [-0.1, -0.05) is 6.42 Å². The number of aliphatic hydroxyl groups is 1. The SMILES string of the molecule is CN(C(=O)C1CCC1)C1CCC(O)CC1. The van der Waals surface area contributed by atoms with Crippen molar-refractivity contribution >= 4 is 5.91 Å². The van der Waals surface area contributed by atoms with E-state index in [4.69, 9.17) is 0 Å². The van der Waals surface area contributed by atoms with Crippen LogP contribution in [0.25, 0.3) is 0 Å². The van der Waals surface area contributed by atoms with Gasteiger partial charge in [0.15, 0.2) is 0 Å². The molecule has 15 heavy (non-hydrogen) atoms. The Bertz CT molecular complexity index is 230. The van der Waals surface area contributed by atoms with Crippen LogP contribution in [-0.2, 0) is 4.79 Å². The number of carbonyl (C=O) groups is 1. The minimum absolute atomic E-state index is 0.131. The molecule has 0 saturated heterocycles. The van der Waals surface area contributed by atoms with Gasteiger partial charge in [-0.25, -0.2) is 0 Å². The Morgan fingerprint density at radius 1 is 1.13 bits per heavy atom. The van der Waals surface area contributed by atoms with E-state index in [0.717, 1.165) is 38.5 Å². The lowest BCUT2D eigenvalue weighted by Gasteiger charge is -2.37. The molecule has 0 aromatic heterocycles. The highest BCUT2D eigenvalue weighted by Crippen LogP contribution is 2.30. The van der Waals surface area contributed by atoms with E-state index >= 15 is 0 Å². The molecule has 0 radical (unpaired) electrons. The fraction of sp³-hybridized carbons (Fsp3) is 0.917. The lowest BCUT2D eigenvalue weighted by Crippen LogP contribution is -2.44. The van der Waals surface area contributed by atoms with Crippen LogP contribution in [0.15, 0.2) is 0 Å². The molecule has 3 nitrogen and oxygen atoms in total. The van der Waals surface area contributed by atoms with E-state index in [-0.39, 0.29) is 6.10 Å². The standard InChI is InChI=1S/C12H21NO2/c1-13(12(15)9-3-2-4-9)10-5-7-11(14)8-6-10/h9-11,14H,2-8H2,1H3. The molecule has 0 atom stereocenters. The molecular weight excluding hydrogens is 190 g/mol. The summed E-state index contributed by atoms with van der Waals surface area (Å²) in [5.74, 6) is 0.643. The molecule has 2 aliphatic rings. The zero-order valence-electron chi connectivity index (χ0n) is 9.48. The maximum Gasteiger partial charge on any atom is 0.225 e. The van der Waals surface area contributed by atoms with Gasteiger partial charge in [-0.15, -0.1) is 0 Å². The number of carbonyl (C=O) groups excluding carboxylic acids is 1. The lowest BCUT2D eigenvalue weighted by molar-refractivity contribution is -0.140. The van der Waals surface area contributed by atoms with Gasteiger partial charge in [0.05, 0.1) is 6.10 Å². The summed E-state index contributed by atoms with van der Waals surface area (Å²) in [6.45, 7) is 0. The molecule has 1 N–H and O–H groups in total. The van der Waals surface area contributed by atoms with E-state index < -0.39 is 0 Å². The van der Waals surface area contributed by atoms with Crippen LogP contribution in [0.1, 0.15) is 44.9 Å². The average molecular weight is 211 g/mol. The van der Waals surface area contributed by atoms with Gasteiger partial charge in [-0.2, -0.15) is 0 Å². The van der Waals surface area contributed by atoms with Crippen LogP contribution in [0.4, 0.5) is 0 Å². The van der Waals surface area contributed by atoms with Gasteiger partial charge in [-0.05, 0) is 38.5 Å². The monoisotopic (exact) mass is 211 g/mol. The highest BCUT2D eigenvalue weighted by molar-refractivity contribution is 5.79. The zero-order valence-corrected chi connectivity index (χ0v) is 9.48. The van der Waals surface area contributed by atoms with Gasteiger partial charge in [0.2, 0.25) is 5.91 Å². The summed E-state index contributed by atoms with van der Waals surface area (Å²) in [6, 6.07) is 0.376. The van der Waals surface area contributed by atoms with Crippen molar-refractivity contribution in [1.29, 1.82) is 0 Å². The largest absolute Gasteiger partial charge is 0.393 e. The summed E-state index contributed by atoms with van der Waals surface area (Å²) in [4.78, 5) is 13.9. The van der Waals surface area contributed by atoms with Gasteiger partial charge < -0.3 is 10.0 Å². The third-order valence-corrected chi connectivity index (χ3v) is 4.02. The quantitative estimate of drug-likeness (QED) is 0.753. The summed E-state index contributed by atoms with van der Waals surface area (Å²) < 4.78 is 0. The number of aliphatic hydroxyl groups excluding tert-OH is 1. The van der Waals surface area contributed by atoms with E-state index in [1.165, 1.54) is 6.42 Å². The highest BCUT2D eigenvalue weighted by Gasteiger charge is 2.32. The third kappa shape index (κ3) is 2.33. The van der Waals surface area contributed by atoms with Crippen LogP contribution in [0.2, 0.25) is 0 Å². The first kappa shape index (κ1) is 10.9. The summed E-state index contributed by atoms with van der Waals surface area (Å²) in [7, 11) is 1.93. The summed E-state index contributed by atoms with van der Waals surface area (Å²) in [5, 5.41) is 9.41. The van der Waals surface area contributed by atoms with Crippen molar-refractivity contribution in [2.45, 2.75) is 57.1 Å². The number of rotatable bonds is 2. The topological polar surface area (TPSA) is 40.5 Å². The molecule has 86 valence electrons. The average Bonchev–Trinajstić information content (AvgIpc) is 2.15. The minimum atomic E-state index is -0.131. The molecule has 2 fully saturated rings. The van der Waals surface area contributed by atoms with Crippen LogP contribution < -0.4 is 0 Å². The Kier molecular flexibility index (Phi) is 3.29. The van der Waals surface area contributed by atoms with Gasteiger partial charge in [-0.3, -0.25) is 4.79 Å². The second-order valence-electron chi connectivity index (χ2n) is 5.04. The first-order chi connectivity index (χ1) is 7.18. The van der Waals surface area contributed by atoms with Crippen molar-refractivity contribution in [2.24, 2.45) is 5.92 Å². The minimum Gasteiger partial charge on any atom is -0.393 e. The molecule has 0 bridgehead atoms. The van der Waals surface area contributed by atoms with Crippen LogP contribution in [0.3, 0.4) is 0 Å². The van der Waals surface area contributed by atoms with Crippen molar-refractivity contribution in [3.05, 3.63) is 0 Å². The van der Waals surface area contributed by atoms with Crippen molar-refractivity contribution in [3.63, 3.8) is 0 Å². The first-order valence-electron chi connectivity index (χ1n) is 6.13. The molecule has 1 amide bonds. The van der Waals surface area contributed by atoms with Gasteiger partial charge in [0.25, 0.3) is 0 Å². The van der Waals surface area contributed by atoms with E-state index in [2.05, 4.69) is 0 Å². The van der Waals surface area contributed by atoms with Crippen LogP contribution in [0, 0.1) is 5.92 Å². The molecule has 0 unspecified atom stereocenters. The molecule has 2 saturated carbocycles. The molecule has 0 spiro atoms. The number of amides is 1. The lowest BCUT2D eigenvalue weighted by atomic mass is 9.83. The maximum absolute atomic E-state index is 12.0. The molecule has 3 heteroatoms. The second kappa shape index (κ2) is 4.52. The zero-order chi connectivity index (χ0) is 10.8. The summed E-state index contributed by atoms with van der Waals surface area (Å²) in [6.07, 6.45) is 6.89. The fourth-order valence-corrected chi connectivity index (χ4v) is 2.57. The fourth-order valence-electron chi connectivity index (χ4n) is 2.57. The Morgan fingerprint density at radius 2 is 1.73 bits per heavy atom. The summed E-state index contributed by atoms with van der Waals surface area (Å²) in [5.41, 5.74) is 0. The van der Waals surface area contributed by atoms with Crippen LogP contribution >= 0.6 is 0 Å². The Labute approximate surface area is 91.5 Å². The Morgan fingerprint density at radius 3 is 2.20 bits per heavy atom. The summed E-state index contributed by atoms with van der Waals surface area (Å²) >= 11 is 0. The van der Waals surface area contributed by atoms with Crippen molar-refractivity contribution in [1.82, 2.24) is 4.90 Å². The highest BCUT2D eigenvalue weighted by atomic mass is 16.3. The molecule has 0 aromatic carbocycles. The predicted octanol–water partition coefficient (Wildman–Crippen LogP) is 1.55. The van der Waals surface area contributed by atoms with Crippen molar-refractivity contribution in [2.75, 3.05) is 7.05 Å². The number of hydrogen-bond acceptors (Lipinski definition) is 2. The normalized spacial score (nSPS) is 32.1. The van der Waals surface area contributed by atoms with E-state index in [0.29, 0.717) is 17.9 Å². The van der Waals surface area contributed by atoms with E-state index in [9.17, 15) is 9.90 Å². The van der Waals surface area contributed by atoms with E-state index in [1.807, 2.05) is 11.9 Å². The number of nitrogens with zero attached hydrogens (tertiary/aromatic N) is 1. The number of hydrogen-bond donors (Lipinski definition) is 1. The van der Waals surface area contributed by atoms with E-state index in [1.54, 1.807) is 0 Å².